The van der Waals surface area contributed by atoms with Crippen molar-refractivity contribution in [3.63, 3.8) is 0 Å². The molecule has 0 bridgehead atoms. The van der Waals surface area contributed by atoms with Gasteiger partial charge < -0.3 is 15.0 Å². The van der Waals surface area contributed by atoms with E-state index in [0.29, 0.717) is 5.56 Å². The summed E-state index contributed by atoms with van der Waals surface area (Å²) < 4.78 is 2.27. The number of nitrogens with zero attached hydrogens (tertiary/aromatic N) is 1. The third-order valence-electron chi connectivity index (χ3n) is 5.79. The Morgan fingerprint density at radius 3 is 2.50 bits per heavy atom. The molecule has 0 radical (unpaired) electrons. The van der Waals surface area contributed by atoms with Crippen LogP contribution in [0.5, 0.6) is 0 Å². The zero-order chi connectivity index (χ0) is 21.9. The average Bonchev–Trinajstić information content (AvgIpc) is 3.24. The van der Waals surface area contributed by atoms with E-state index in [1.807, 2.05) is 18.2 Å². The molecule has 0 saturated carbocycles. The summed E-state index contributed by atoms with van der Waals surface area (Å²) in [7, 11) is 0. The number of carbonyl (C=O) groups is 1. The van der Waals surface area contributed by atoms with E-state index in [1.165, 1.54) is 27.2 Å². The molecule has 5 rings (SSSR count). The number of aliphatic hydroxyl groups is 1. The van der Waals surface area contributed by atoms with Crippen molar-refractivity contribution in [2.24, 2.45) is 0 Å². The van der Waals surface area contributed by atoms with Crippen LogP contribution in [0.1, 0.15) is 15.9 Å². The Hall–Kier alpha value is -3.89. The van der Waals surface area contributed by atoms with Crippen LogP contribution in [-0.4, -0.2) is 28.7 Å². The maximum atomic E-state index is 12.2. The van der Waals surface area contributed by atoms with Gasteiger partial charge in [0.05, 0.1) is 6.61 Å². The number of hydrogen-bond donors (Lipinski definition) is 2. The minimum Gasteiger partial charge on any atom is -0.395 e. The summed E-state index contributed by atoms with van der Waals surface area (Å²) in [5.41, 5.74) is 5.10. The molecule has 158 valence electrons. The molecule has 2 N–H and O–H groups in total. The number of benzene rings is 4. The highest BCUT2D eigenvalue weighted by Gasteiger charge is 2.09. The Bertz CT molecular complexity index is 1420. The molecular formula is C28H24N2O2. The minimum atomic E-state index is -0.177. The fourth-order valence-corrected chi connectivity index (χ4v) is 4.16. The van der Waals surface area contributed by atoms with Crippen LogP contribution in [0.25, 0.3) is 32.8 Å². The number of amides is 1. The van der Waals surface area contributed by atoms with E-state index in [-0.39, 0.29) is 19.1 Å². The quantitative estimate of drug-likeness (QED) is 0.395. The Kier molecular flexibility index (Phi) is 5.44. The molecule has 1 amide bonds. The van der Waals surface area contributed by atoms with Gasteiger partial charge in [0.1, 0.15) is 0 Å². The number of carbonyl (C=O) groups excluding carboxylic acids is 1. The normalized spacial score (nSPS) is 11.2. The molecule has 0 fully saturated rings. The minimum absolute atomic E-state index is 0.0711. The van der Waals surface area contributed by atoms with Crippen molar-refractivity contribution in [1.82, 2.24) is 9.88 Å². The Morgan fingerprint density at radius 1 is 0.781 bits per heavy atom. The van der Waals surface area contributed by atoms with Crippen molar-refractivity contribution >= 4 is 27.6 Å². The lowest BCUT2D eigenvalue weighted by molar-refractivity contribution is 0.0945. The third-order valence-corrected chi connectivity index (χ3v) is 5.79. The summed E-state index contributed by atoms with van der Waals surface area (Å²) in [5, 5.41) is 15.3. The van der Waals surface area contributed by atoms with Gasteiger partial charge in [0.2, 0.25) is 0 Å². The highest BCUT2D eigenvalue weighted by atomic mass is 16.3. The van der Waals surface area contributed by atoms with Crippen molar-refractivity contribution in [3.8, 4) is 11.1 Å². The molecule has 32 heavy (non-hydrogen) atoms. The van der Waals surface area contributed by atoms with Crippen molar-refractivity contribution in [1.29, 1.82) is 0 Å². The number of aliphatic hydroxyl groups excluding tert-OH is 1. The predicted molar refractivity (Wildman–Crippen MR) is 130 cm³/mol. The third kappa shape index (κ3) is 4.01. The molecule has 0 atom stereocenters. The van der Waals surface area contributed by atoms with E-state index < -0.39 is 0 Å². The van der Waals surface area contributed by atoms with Crippen LogP contribution in [0.2, 0.25) is 0 Å². The zero-order valence-corrected chi connectivity index (χ0v) is 17.7. The first-order valence-corrected chi connectivity index (χ1v) is 10.8. The SMILES string of the molecule is O=C(NCCO)c1cccc(-c2ccc3c(ccn3Cc3ccc4ccccc4c3)c2)c1. The van der Waals surface area contributed by atoms with Crippen LogP contribution in [-0.2, 0) is 6.54 Å². The molecule has 4 aromatic carbocycles. The molecule has 1 heterocycles. The molecule has 0 aliphatic heterocycles. The van der Waals surface area contributed by atoms with Gasteiger partial charge >= 0.3 is 0 Å². The number of hydrogen-bond acceptors (Lipinski definition) is 2. The Morgan fingerprint density at radius 2 is 1.62 bits per heavy atom. The van der Waals surface area contributed by atoms with Crippen LogP contribution in [0.15, 0.2) is 97.2 Å². The van der Waals surface area contributed by atoms with E-state index in [0.717, 1.165) is 17.7 Å². The fraction of sp³-hybridized carbons (Fsp3) is 0.107. The largest absolute Gasteiger partial charge is 0.395 e. The van der Waals surface area contributed by atoms with Gasteiger partial charge in [-0.3, -0.25) is 4.79 Å². The first-order valence-electron chi connectivity index (χ1n) is 10.8. The highest BCUT2D eigenvalue weighted by molar-refractivity contribution is 5.96. The number of nitrogens with one attached hydrogen (secondary N) is 1. The molecule has 1 aromatic heterocycles. The van der Waals surface area contributed by atoms with Gasteiger partial charge in [0, 0.05) is 35.8 Å². The lowest BCUT2D eigenvalue weighted by Gasteiger charge is -2.09. The Balaban J connectivity index is 1.42. The molecule has 0 aliphatic carbocycles. The maximum absolute atomic E-state index is 12.2. The van der Waals surface area contributed by atoms with Crippen molar-refractivity contribution in [2.45, 2.75) is 6.54 Å². The molecule has 4 heteroatoms. The molecule has 0 saturated heterocycles. The molecule has 0 spiro atoms. The standard InChI is InChI=1S/C28H24N2O2/c31-15-13-29-28(32)26-7-3-6-23(18-26)24-10-11-27-25(17-24)12-14-30(27)19-20-8-9-21-4-1-2-5-22(21)16-20/h1-12,14,16-18,31H,13,15,19H2,(H,29,32). The molecule has 4 nitrogen and oxygen atoms in total. The second kappa shape index (κ2) is 8.69. The first-order chi connectivity index (χ1) is 15.7. The van der Waals surface area contributed by atoms with Gasteiger partial charge in [0.25, 0.3) is 5.91 Å². The van der Waals surface area contributed by atoms with Gasteiger partial charge in [-0.15, -0.1) is 0 Å². The van der Waals surface area contributed by atoms with Crippen molar-refractivity contribution in [2.75, 3.05) is 13.2 Å². The smallest absolute Gasteiger partial charge is 0.251 e. The van der Waals surface area contributed by atoms with Crippen molar-refractivity contribution < 1.29 is 9.90 Å². The van der Waals surface area contributed by atoms with Crippen LogP contribution in [0.4, 0.5) is 0 Å². The summed E-state index contributed by atoms with van der Waals surface area (Å²) in [6, 6.07) is 31.2. The van der Waals surface area contributed by atoms with E-state index in [1.54, 1.807) is 6.07 Å². The van der Waals surface area contributed by atoms with Gasteiger partial charge in [-0.2, -0.15) is 0 Å². The summed E-state index contributed by atoms with van der Waals surface area (Å²) >= 11 is 0. The molecular weight excluding hydrogens is 396 g/mol. The summed E-state index contributed by atoms with van der Waals surface area (Å²) in [4.78, 5) is 12.2. The summed E-state index contributed by atoms with van der Waals surface area (Å²) in [5.74, 6) is -0.177. The second-order valence-corrected chi connectivity index (χ2v) is 7.96. The summed E-state index contributed by atoms with van der Waals surface area (Å²) in [6.07, 6.45) is 2.13. The van der Waals surface area contributed by atoms with E-state index >= 15 is 0 Å². The van der Waals surface area contributed by atoms with Crippen LogP contribution in [0.3, 0.4) is 0 Å². The van der Waals surface area contributed by atoms with Gasteiger partial charge in [0.15, 0.2) is 0 Å². The number of aromatic nitrogens is 1. The van der Waals surface area contributed by atoms with E-state index in [9.17, 15) is 4.79 Å². The topological polar surface area (TPSA) is 54.3 Å². The molecule has 5 aromatic rings. The monoisotopic (exact) mass is 420 g/mol. The lowest BCUT2D eigenvalue weighted by atomic mass is 10.0. The zero-order valence-electron chi connectivity index (χ0n) is 17.7. The van der Waals surface area contributed by atoms with Gasteiger partial charge in [-0.1, -0.05) is 54.6 Å². The van der Waals surface area contributed by atoms with E-state index in [2.05, 4.69) is 82.8 Å². The van der Waals surface area contributed by atoms with Crippen LogP contribution >= 0.6 is 0 Å². The molecule has 0 aliphatic rings. The van der Waals surface area contributed by atoms with Gasteiger partial charge in [-0.05, 0) is 63.9 Å². The summed E-state index contributed by atoms with van der Waals surface area (Å²) in [6.45, 7) is 0.992. The second-order valence-electron chi connectivity index (χ2n) is 7.96. The average molecular weight is 421 g/mol. The first kappa shape index (κ1) is 20.0. The fourth-order valence-electron chi connectivity index (χ4n) is 4.16. The predicted octanol–water partition coefficient (Wildman–Crippen LogP) is 5.23. The van der Waals surface area contributed by atoms with Crippen LogP contribution < -0.4 is 5.32 Å². The number of fused-ring (bicyclic) bond motifs is 2. The Labute approximate surface area is 186 Å². The maximum Gasteiger partial charge on any atom is 0.251 e. The van der Waals surface area contributed by atoms with E-state index in [4.69, 9.17) is 5.11 Å². The lowest BCUT2D eigenvalue weighted by Crippen LogP contribution is -2.26. The van der Waals surface area contributed by atoms with Crippen molar-refractivity contribution in [3.05, 3.63) is 108 Å². The van der Waals surface area contributed by atoms with Crippen LogP contribution in [0, 0.1) is 0 Å². The molecule has 0 unspecified atom stereocenters. The highest BCUT2D eigenvalue weighted by Crippen LogP contribution is 2.27. The van der Waals surface area contributed by atoms with Gasteiger partial charge in [-0.25, -0.2) is 0 Å². The number of rotatable bonds is 6.